The number of halogens is 1. The van der Waals surface area contributed by atoms with Crippen LogP contribution < -0.4 is 0 Å². The van der Waals surface area contributed by atoms with E-state index in [-0.39, 0.29) is 23.3 Å². The summed E-state index contributed by atoms with van der Waals surface area (Å²) in [5, 5.41) is -0.0528. The minimum atomic E-state index is -3.25. The zero-order valence-electron chi connectivity index (χ0n) is 10.8. The molecule has 1 saturated heterocycles. The molecule has 1 saturated carbocycles. The Hall–Kier alpha value is 0.160. The molecule has 2 rings (SSSR count). The summed E-state index contributed by atoms with van der Waals surface area (Å²) in [7, 11) is -1.59. The van der Waals surface area contributed by atoms with Gasteiger partial charge in [-0.15, -0.1) is 11.6 Å². The Morgan fingerprint density at radius 1 is 1.22 bits per heavy atom. The third kappa shape index (κ3) is 3.38. The predicted octanol–water partition coefficient (Wildman–Crippen LogP) is 1.98. The van der Waals surface area contributed by atoms with Gasteiger partial charge in [0.15, 0.2) is 0 Å². The van der Waals surface area contributed by atoms with Crippen LogP contribution in [-0.4, -0.2) is 49.7 Å². The number of hydrogen-bond donors (Lipinski definition) is 0. The van der Waals surface area contributed by atoms with Crippen molar-refractivity contribution in [3.05, 3.63) is 0 Å². The smallest absolute Gasteiger partial charge is 0.216 e. The van der Waals surface area contributed by atoms with Crippen molar-refractivity contribution in [1.29, 1.82) is 0 Å². The van der Waals surface area contributed by atoms with Crippen LogP contribution in [0.4, 0.5) is 0 Å². The first-order valence-corrected chi connectivity index (χ1v) is 8.76. The number of alkyl halides is 1. The fraction of sp³-hybridized carbons (Fsp3) is 1.00. The number of nitrogens with zero attached hydrogens (tertiary/aromatic N) is 1. The Morgan fingerprint density at radius 3 is 2.56 bits per heavy atom. The molecule has 106 valence electrons. The van der Waals surface area contributed by atoms with E-state index in [4.69, 9.17) is 16.3 Å². The number of rotatable bonds is 4. The lowest BCUT2D eigenvalue weighted by molar-refractivity contribution is 0.126. The first-order chi connectivity index (χ1) is 8.50. The summed E-state index contributed by atoms with van der Waals surface area (Å²) in [4.78, 5) is 0. The Bertz CT molecular complexity index is 368. The molecule has 0 spiro atoms. The lowest BCUT2D eigenvalue weighted by Gasteiger charge is -2.34. The molecule has 0 amide bonds. The average Bonchev–Trinajstić information content (AvgIpc) is 2.81. The summed E-state index contributed by atoms with van der Waals surface area (Å²) in [5.74, 6) is 0.101. The third-order valence-corrected chi connectivity index (χ3v) is 6.42. The molecule has 4 nitrogen and oxygen atoms in total. The Kier molecular flexibility index (Phi) is 4.92. The molecule has 0 bridgehead atoms. The van der Waals surface area contributed by atoms with Crippen molar-refractivity contribution in [2.45, 2.75) is 56.0 Å². The summed E-state index contributed by atoms with van der Waals surface area (Å²) in [6.07, 6.45) is 5.63. The van der Waals surface area contributed by atoms with Gasteiger partial charge in [0.25, 0.3) is 0 Å². The maximum Gasteiger partial charge on any atom is 0.216 e. The number of sulfonamides is 1. The highest BCUT2D eigenvalue weighted by atomic mass is 35.5. The van der Waals surface area contributed by atoms with Crippen molar-refractivity contribution in [3.63, 3.8) is 0 Å². The van der Waals surface area contributed by atoms with Crippen LogP contribution >= 0.6 is 11.6 Å². The monoisotopic (exact) mass is 295 g/mol. The molecule has 1 heterocycles. The van der Waals surface area contributed by atoms with Gasteiger partial charge < -0.3 is 4.74 Å². The molecule has 0 aromatic carbocycles. The van der Waals surface area contributed by atoms with Crippen LogP contribution in [-0.2, 0) is 14.8 Å². The van der Waals surface area contributed by atoms with E-state index in [0.29, 0.717) is 6.61 Å². The molecular formula is C12H22ClNO3S. The van der Waals surface area contributed by atoms with E-state index < -0.39 is 10.0 Å². The maximum absolute atomic E-state index is 12.3. The van der Waals surface area contributed by atoms with Crippen molar-refractivity contribution >= 4 is 21.6 Å². The van der Waals surface area contributed by atoms with E-state index in [1.807, 2.05) is 0 Å². The van der Waals surface area contributed by atoms with Crippen LogP contribution in [0.2, 0.25) is 0 Å². The van der Waals surface area contributed by atoms with Gasteiger partial charge in [0.05, 0.1) is 17.2 Å². The summed E-state index contributed by atoms with van der Waals surface area (Å²) in [6, 6.07) is -0.0492. The summed E-state index contributed by atoms with van der Waals surface area (Å²) in [6.45, 7) is 0.686. The summed E-state index contributed by atoms with van der Waals surface area (Å²) in [5.41, 5.74) is 0. The highest BCUT2D eigenvalue weighted by Gasteiger charge is 2.35. The Morgan fingerprint density at radius 2 is 1.94 bits per heavy atom. The second kappa shape index (κ2) is 6.07. The van der Waals surface area contributed by atoms with Gasteiger partial charge in [-0.25, -0.2) is 12.7 Å². The molecular weight excluding hydrogens is 274 g/mol. The van der Waals surface area contributed by atoms with Crippen LogP contribution in [0, 0.1) is 0 Å². The molecule has 6 heteroatoms. The van der Waals surface area contributed by atoms with E-state index in [1.165, 1.54) is 4.31 Å². The Balaban J connectivity index is 1.99. The number of ether oxygens (including phenoxy) is 1. The molecule has 3 unspecified atom stereocenters. The highest BCUT2D eigenvalue weighted by molar-refractivity contribution is 7.89. The molecule has 2 aliphatic rings. The fourth-order valence-electron chi connectivity index (χ4n) is 2.81. The normalized spacial score (nSPS) is 34.1. The second-order valence-electron chi connectivity index (χ2n) is 5.30. The second-order valence-corrected chi connectivity index (χ2v) is 7.93. The maximum atomic E-state index is 12.3. The van der Waals surface area contributed by atoms with E-state index >= 15 is 0 Å². The quantitative estimate of drug-likeness (QED) is 0.745. The molecule has 1 aliphatic heterocycles. The topological polar surface area (TPSA) is 46.6 Å². The van der Waals surface area contributed by atoms with Crippen molar-refractivity contribution in [3.8, 4) is 0 Å². The van der Waals surface area contributed by atoms with Crippen molar-refractivity contribution < 1.29 is 13.2 Å². The van der Waals surface area contributed by atoms with Gasteiger partial charge in [0.2, 0.25) is 10.0 Å². The van der Waals surface area contributed by atoms with E-state index in [0.717, 1.165) is 38.5 Å². The Labute approximate surface area is 115 Å². The standard InChI is InChI=1S/C12H22ClNO3S/c1-14(12-7-3-2-6-11(12)13)18(15,16)9-10-5-4-8-17-10/h10-12H,2-9H2,1H3. The minimum absolute atomic E-state index is 0.0492. The lowest BCUT2D eigenvalue weighted by Crippen LogP contribution is -2.46. The zero-order valence-corrected chi connectivity index (χ0v) is 12.4. The van der Waals surface area contributed by atoms with Crippen LogP contribution in [0.15, 0.2) is 0 Å². The molecule has 0 aromatic rings. The summed E-state index contributed by atoms with van der Waals surface area (Å²) >= 11 is 6.26. The van der Waals surface area contributed by atoms with E-state index in [9.17, 15) is 8.42 Å². The van der Waals surface area contributed by atoms with Gasteiger partial charge in [-0.05, 0) is 25.7 Å². The minimum Gasteiger partial charge on any atom is -0.377 e. The van der Waals surface area contributed by atoms with Gasteiger partial charge in [-0.3, -0.25) is 0 Å². The van der Waals surface area contributed by atoms with Crippen LogP contribution in [0.3, 0.4) is 0 Å². The molecule has 0 radical (unpaired) electrons. The molecule has 2 fully saturated rings. The highest BCUT2D eigenvalue weighted by Crippen LogP contribution is 2.28. The van der Waals surface area contributed by atoms with Gasteiger partial charge in [0, 0.05) is 19.7 Å². The third-order valence-electron chi connectivity index (χ3n) is 3.97. The van der Waals surface area contributed by atoms with Crippen LogP contribution in [0.25, 0.3) is 0 Å². The largest absolute Gasteiger partial charge is 0.377 e. The zero-order chi connectivity index (χ0) is 13.2. The van der Waals surface area contributed by atoms with Crippen LogP contribution in [0.1, 0.15) is 38.5 Å². The molecule has 0 aromatic heterocycles. The van der Waals surface area contributed by atoms with Crippen LogP contribution in [0.5, 0.6) is 0 Å². The van der Waals surface area contributed by atoms with E-state index in [2.05, 4.69) is 0 Å². The van der Waals surface area contributed by atoms with Crippen molar-refractivity contribution in [1.82, 2.24) is 4.31 Å². The lowest BCUT2D eigenvalue weighted by atomic mass is 9.95. The van der Waals surface area contributed by atoms with Gasteiger partial charge in [-0.1, -0.05) is 12.8 Å². The number of hydrogen-bond acceptors (Lipinski definition) is 3. The van der Waals surface area contributed by atoms with Crippen molar-refractivity contribution in [2.75, 3.05) is 19.4 Å². The molecule has 3 atom stereocenters. The van der Waals surface area contributed by atoms with Gasteiger partial charge in [-0.2, -0.15) is 0 Å². The molecule has 0 N–H and O–H groups in total. The van der Waals surface area contributed by atoms with Crippen molar-refractivity contribution in [2.24, 2.45) is 0 Å². The average molecular weight is 296 g/mol. The van der Waals surface area contributed by atoms with Gasteiger partial charge >= 0.3 is 0 Å². The molecule has 1 aliphatic carbocycles. The van der Waals surface area contributed by atoms with E-state index in [1.54, 1.807) is 7.05 Å². The fourth-order valence-corrected chi connectivity index (χ4v) is 4.96. The van der Waals surface area contributed by atoms with Gasteiger partial charge in [0.1, 0.15) is 0 Å². The first-order valence-electron chi connectivity index (χ1n) is 6.72. The SMILES string of the molecule is CN(C1CCCCC1Cl)S(=O)(=O)CC1CCCO1. The summed E-state index contributed by atoms with van der Waals surface area (Å²) < 4.78 is 31.5. The first kappa shape index (κ1) is 14.6. The molecule has 18 heavy (non-hydrogen) atoms. The predicted molar refractivity (Wildman–Crippen MR) is 72.4 cm³/mol.